The van der Waals surface area contributed by atoms with Crippen molar-refractivity contribution in [1.82, 2.24) is 4.90 Å². The number of carbonyl (C=O) groups excluding carboxylic acids is 1. The molecule has 1 saturated heterocycles. The molecular weight excluding hydrogens is 384 g/mol. The van der Waals surface area contributed by atoms with Gasteiger partial charge in [-0.15, -0.1) is 12.4 Å². The lowest BCUT2D eigenvalue weighted by Gasteiger charge is -2.62. The van der Waals surface area contributed by atoms with Gasteiger partial charge in [0, 0.05) is 13.1 Å². The fraction of sp³-hybridized carbons (Fsp3) is 0.708. The maximum Gasteiger partial charge on any atom is 0.228 e. The van der Waals surface area contributed by atoms with Crippen LogP contribution < -0.4 is 10.5 Å². The number of methoxy groups -OCH3 is 1. The zero-order valence-electron chi connectivity index (χ0n) is 17.8. The van der Waals surface area contributed by atoms with Gasteiger partial charge in [0.15, 0.2) is 0 Å². The predicted molar refractivity (Wildman–Crippen MR) is 117 cm³/mol. The molecule has 29 heavy (non-hydrogen) atoms. The number of likely N-dealkylation sites (tertiary alicyclic amines) is 1. The highest BCUT2D eigenvalue weighted by Gasteiger charge is 2.62. The molecule has 1 aromatic carbocycles. The fourth-order valence-electron chi connectivity index (χ4n) is 7.49. The molecule has 1 aliphatic heterocycles. The number of rotatable bonds is 4. The molecule has 3 unspecified atom stereocenters. The number of hydrogen-bond donors (Lipinski definition) is 1. The first-order valence-corrected chi connectivity index (χ1v) is 11.0. The minimum absolute atomic E-state index is 0. The molecule has 5 heteroatoms. The molecule has 3 atom stereocenters. The van der Waals surface area contributed by atoms with Gasteiger partial charge < -0.3 is 15.4 Å². The molecule has 6 rings (SSSR count). The zero-order chi connectivity index (χ0) is 19.6. The summed E-state index contributed by atoms with van der Waals surface area (Å²) in [6.45, 7) is 4.64. The lowest BCUT2D eigenvalue weighted by Crippen LogP contribution is -2.59. The summed E-state index contributed by atoms with van der Waals surface area (Å²) < 4.78 is 5.37. The zero-order valence-corrected chi connectivity index (χ0v) is 18.6. The summed E-state index contributed by atoms with van der Waals surface area (Å²) in [6, 6.07) is 8.70. The van der Waals surface area contributed by atoms with Crippen LogP contribution in [0.1, 0.15) is 57.4 Å². The second kappa shape index (κ2) is 7.16. The Morgan fingerprint density at radius 3 is 2.38 bits per heavy atom. The van der Waals surface area contributed by atoms with Gasteiger partial charge in [-0.25, -0.2) is 0 Å². The molecule has 5 fully saturated rings. The van der Waals surface area contributed by atoms with E-state index < -0.39 is 0 Å². The van der Waals surface area contributed by atoms with E-state index in [4.69, 9.17) is 10.5 Å². The molecular formula is C24H35ClN2O2. The molecule has 1 aromatic rings. The van der Waals surface area contributed by atoms with E-state index in [1.54, 1.807) is 7.11 Å². The summed E-state index contributed by atoms with van der Waals surface area (Å²) in [5.41, 5.74) is 7.58. The summed E-state index contributed by atoms with van der Waals surface area (Å²) in [5, 5.41) is 0. The Bertz CT molecular complexity index is 766. The molecule has 2 N–H and O–H groups in total. The lowest BCUT2D eigenvalue weighted by atomic mass is 9.42. The number of nitrogens with zero attached hydrogens (tertiary/aromatic N) is 1. The third kappa shape index (κ3) is 3.27. The van der Waals surface area contributed by atoms with Gasteiger partial charge in [0.05, 0.1) is 12.5 Å². The SMILES string of the molecule is COc1ccc(C23CC4CC(CC(C(=O)N5CCC(C)(CN)C5)(C4)C2)C3)cc1.Cl. The van der Waals surface area contributed by atoms with Crippen LogP contribution in [0.3, 0.4) is 0 Å². The maximum absolute atomic E-state index is 13.8. The van der Waals surface area contributed by atoms with Crippen molar-refractivity contribution < 1.29 is 9.53 Å². The quantitative estimate of drug-likeness (QED) is 0.798. The summed E-state index contributed by atoms with van der Waals surface area (Å²) in [7, 11) is 1.72. The molecule has 4 bridgehead atoms. The van der Waals surface area contributed by atoms with Crippen LogP contribution in [-0.2, 0) is 10.2 Å². The molecule has 0 aromatic heterocycles. The van der Waals surface area contributed by atoms with Gasteiger partial charge in [0.25, 0.3) is 0 Å². The highest BCUT2D eigenvalue weighted by Crippen LogP contribution is 2.66. The lowest BCUT2D eigenvalue weighted by molar-refractivity contribution is -0.159. The van der Waals surface area contributed by atoms with Crippen LogP contribution in [-0.4, -0.2) is 37.6 Å². The van der Waals surface area contributed by atoms with E-state index in [0.29, 0.717) is 24.3 Å². The first kappa shape index (κ1) is 21.0. The predicted octanol–water partition coefficient (Wildman–Crippen LogP) is 4.15. The Balaban J connectivity index is 0.00000205. The molecule has 1 amide bonds. The van der Waals surface area contributed by atoms with Gasteiger partial charge in [-0.1, -0.05) is 19.1 Å². The number of benzene rings is 1. The topological polar surface area (TPSA) is 55.6 Å². The molecule has 5 aliphatic rings. The summed E-state index contributed by atoms with van der Waals surface area (Å²) in [4.78, 5) is 16.0. The third-order valence-electron chi connectivity index (χ3n) is 8.56. The second-order valence-electron chi connectivity index (χ2n) is 10.7. The van der Waals surface area contributed by atoms with Crippen molar-refractivity contribution in [3.63, 3.8) is 0 Å². The van der Waals surface area contributed by atoms with E-state index in [2.05, 4.69) is 36.1 Å². The average Bonchev–Trinajstić information content (AvgIpc) is 3.09. The monoisotopic (exact) mass is 418 g/mol. The van der Waals surface area contributed by atoms with E-state index >= 15 is 0 Å². The largest absolute Gasteiger partial charge is 0.497 e. The molecule has 160 valence electrons. The Morgan fingerprint density at radius 2 is 1.83 bits per heavy atom. The van der Waals surface area contributed by atoms with Crippen LogP contribution in [0.2, 0.25) is 0 Å². The van der Waals surface area contributed by atoms with Gasteiger partial charge in [-0.2, -0.15) is 0 Å². The fourth-order valence-corrected chi connectivity index (χ4v) is 7.49. The third-order valence-corrected chi connectivity index (χ3v) is 8.56. The van der Waals surface area contributed by atoms with Crippen molar-refractivity contribution >= 4 is 18.3 Å². The standard InChI is InChI=1S/C24H34N2O2.ClH/c1-22(15-25)7-8-26(16-22)21(27)24-12-17-9-18(13-24)11-23(10-17,14-24)19-3-5-20(28-2)6-4-19;/h3-6,17-18H,7-16,25H2,1-2H3;1H. The summed E-state index contributed by atoms with van der Waals surface area (Å²) in [6.07, 6.45) is 8.13. The van der Waals surface area contributed by atoms with Crippen molar-refractivity contribution in [3.05, 3.63) is 29.8 Å². The van der Waals surface area contributed by atoms with Crippen molar-refractivity contribution in [2.24, 2.45) is 28.4 Å². The number of halogens is 1. The summed E-state index contributed by atoms with van der Waals surface area (Å²) in [5.74, 6) is 2.76. The molecule has 4 saturated carbocycles. The number of amides is 1. The van der Waals surface area contributed by atoms with E-state index in [9.17, 15) is 4.79 Å². The number of nitrogens with two attached hydrogens (primary N) is 1. The van der Waals surface area contributed by atoms with Crippen molar-refractivity contribution in [3.8, 4) is 5.75 Å². The minimum atomic E-state index is -0.135. The Morgan fingerprint density at radius 1 is 1.17 bits per heavy atom. The molecule has 4 nitrogen and oxygen atoms in total. The van der Waals surface area contributed by atoms with Crippen LogP contribution in [0, 0.1) is 22.7 Å². The van der Waals surface area contributed by atoms with Gasteiger partial charge in [0.1, 0.15) is 5.75 Å². The number of carbonyl (C=O) groups is 1. The van der Waals surface area contributed by atoms with Gasteiger partial charge in [-0.3, -0.25) is 4.79 Å². The summed E-state index contributed by atoms with van der Waals surface area (Å²) >= 11 is 0. The van der Waals surface area contributed by atoms with E-state index in [-0.39, 0.29) is 28.7 Å². The first-order valence-electron chi connectivity index (χ1n) is 11.0. The molecule has 1 heterocycles. The highest BCUT2D eigenvalue weighted by atomic mass is 35.5. The smallest absolute Gasteiger partial charge is 0.228 e. The van der Waals surface area contributed by atoms with Crippen LogP contribution in [0.5, 0.6) is 5.75 Å². The van der Waals surface area contributed by atoms with E-state index in [0.717, 1.165) is 44.5 Å². The number of hydrogen-bond acceptors (Lipinski definition) is 3. The minimum Gasteiger partial charge on any atom is -0.497 e. The molecule has 4 aliphatic carbocycles. The van der Waals surface area contributed by atoms with E-state index in [1.807, 2.05) is 0 Å². The van der Waals surface area contributed by atoms with E-state index in [1.165, 1.54) is 24.8 Å². The van der Waals surface area contributed by atoms with Gasteiger partial charge >= 0.3 is 0 Å². The van der Waals surface area contributed by atoms with Crippen LogP contribution >= 0.6 is 12.4 Å². The van der Waals surface area contributed by atoms with Crippen molar-refractivity contribution in [1.29, 1.82) is 0 Å². The molecule has 0 radical (unpaired) electrons. The normalized spacial score (nSPS) is 40.0. The highest BCUT2D eigenvalue weighted by molar-refractivity contribution is 5.85. The van der Waals surface area contributed by atoms with Crippen molar-refractivity contribution in [2.45, 2.75) is 57.3 Å². The Hall–Kier alpha value is -1.26. The number of ether oxygens (including phenoxy) is 1. The van der Waals surface area contributed by atoms with Crippen molar-refractivity contribution in [2.75, 3.05) is 26.7 Å². The van der Waals surface area contributed by atoms with Gasteiger partial charge in [-0.05, 0) is 91.9 Å². The average molecular weight is 419 g/mol. The molecule has 0 spiro atoms. The Kier molecular flexibility index (Phi) is 5.18. The van der Waals surface area contributed by atoms with Crippen LogP contribution in [0.4, 0.5) is 0 Å². The van der Waals surface area contributed by atoms with Gasteiger partial charge in [0.2, 0.25) is 5.91 Å². The van der Waals surface area contributed by atoms with Crippen LogP contribution in [0.15, 0.2) is 24.3 Å². The first-order chi connectivity index (χ1) is 13.4. The Labute approximate surface area is 181 Å². The maximum atomic E-state index is 13.8. The second-order valence-corrected chi connectivity index (χ2v) is 10.7. The van der Waals surface area contributed by atoms with Crippen LogP contribution in [0.25, 0.3) is 0 Å².